The maximum atomic E-state index is 12.6. The molecule has 2 aromatic heterocycles. The van der Waals surface area contributed by atoms with E-state index in [0.717, 1.165) is 40.6 Å². The van der Waals surface area contributed by atoms with Gasteiger partial charge in [-0.3, -0.25) is 0 Å². The lowest BCUT2D eigenvalue weighted by atomic mass is 9.86. The van der Waals surface area contributed by atoms with Crippen LogP contribution in [0.1, 0.15) is 78.4 Å². The molecule has 0 atom stereocenters. The number of likely N-dealkylation sites (tertiary alicyclic amines) is 1. The molecule has 3 aromatic rings. The fourth-order valence-electron chi connectivity index (χ4n) is 4.86. The maximum absolute atomic E-state index is 12.6. The molecule has 1 fully saturated rings. The molecule has 1 amide bonds. The highest BCUT2D eigenvalue weighted by molar-refractivity contribution is 8.00. The van der Waals surface area contributed by atoms with Crippen LogP contribution in [0.25, 0.3) is 0 Å². The highest BCUT2D eigenvalue weighted by atomic mass is 35.5. The molecule has 3 heterocycles. The first kappa shape index (κ1) is 32.7. The number of nitrogens with one attached hydrogen (secondary N) is 2. The predicted molar refractivity (Wildman–Crippen MR) is 176 cm³/mol. The van der Waals surface area contributed by atoms with E-state index < -0.39 is 5.60 Å². The standard InChI is InChI=1S/C32H43ClN6O3S/c1-19(2)41-27-17-23(22-11-14-39(15-12-22)31(40)42-32(6,7)8)21(5)16-26(27)37-30-35-18-24(33)28(38-30)36-25-10-9-13-34-29(25)43-20(3)4/h9-10,13,16-20,22H,11-12,14-15H2,1-8H3,(H2,35,36,37,38). The predicted octanol–water partition coefficient (Wildman–Crippen LogP) is 8.72. The zero-order valence-electron chi connectivity index (χ0n) is 26.3. The van der Waals surface area contributed by atoms with Crippen LogP contribution in [0.2, 0.25) is 5.02 Å². The van der Waals surface area contributed by atoms with Crippen LogP contribution in [0.4, 0.5) is 27.9 Å². The highest BCUT2D eigenvalue weighted by Crippen LogP contribution is 2.39. The molecule has 0 saturated carbocycles. The number of rotatable bonds is 9. The quantitative estimate of drug-likeness (QED) is 0.226. The van der Waals surface area contributed by atoms with E-state index in [-0.39, 0.29) is 12.2 Å². The van der Waals surface area contributed by atoms with E-state index in [0.29, 0.717) is 41.0 Å². The number of anilines is 4. The summed E-state index contributed by atoms with van der Waals surface area (Å²) < 4.78 is 11.8. The molecule has 0 radical (unpaired) electrons. The van der Waals surface area contributed by atoms with Crippen LogP contribution in [0.15, 0.2) is 41.7 Å². The third-order valence-corrected chi connectivity index (χ3v) is 7.98. The van der Waals surface area contributed by atoms with Crippen molar-refractivity contribution in [2.75, 3.05) is 23.7 Å². The van der Waals surface area contributed by atoms with Gasteiger partial charge in [0, 0.05) is 24.5 Å². The zero-order chi connectivity index (χ0) is 31.3. The molecule has 0 unspecified atom stereocenters. The number of hydrogen-bond acceptors (Lipinski definition) is 9. The van der Waals surface area contributed by atoms with Crippen LogP contribution >= 0.6 is 23.4 Å². The molecule has 2 N–H and O–H groups in total. The largest absolute Gasteiger partial charge is 0.489 e. The third kappa shape index (κ3) is 9.13. The van der Waals surface area contributed by atoms with Crippen molar-refractivity contribution in [3.05, 3.63) is 52.8 Å². The van der Waals surface area contributed by atoms with Gasteiger partial charge in [-0.05, 0) is 95.7 Å². The zero-order valence-corrected chi connectivity index (χ0v) is 27.9. The van der Waals surface area contributed by atoms with Crippen LogP contribution in [0, 0.1) is 6.92 Å². The van der Waals surface area contributed by atoms with Crippen molar-refractivity contribution in [3.8, 4) is 5.75 Å². The second kappa shape index (κ2) is 14.0. The normalized spacial score (nSPS) is 14.3. The van der Waals surface area contributed by atoms with Crippen LogP contribution in [-0.4, -0.2) is 56.0 Å². The van der Waals surface area contributed by atoms with Crippen LogP contribution in [-0.2, 0) is 4.74 Å². The van der Waals surface area contributed by atoms with Crippen molar-refractivity contribution in [3.63, 3.8) is 0 Å². The van der Waals surface area contributed by atoms with Gasteiger partial charge in [0.25, 0.3) is 0 Å². The smallest absolute Gasteiger partial charge is 0.410 e. The second-order valence-electron chi connectivity index (χ2n) is 12.3. The number of pyridine rings is 1. The lowest BCUT2D eigenvalue weighted by Gasteiger charge is -2.34. The Hall–Kier alpha value is -3.24. The fraction of sp³-hybridized carbons (Fsp3) is 0.500. The summed E-state index contributed by atoms with van der Waals surface area (Å²) in [5, 5.41) is 8.33. The first-order valence-corrected chi connectivity index (χ1v) is 16.0. The van der Waals surface area contributed by atoms with Crippen LogP contribution < -0.4 is 15.4 Å². The molecule has 1 aliphatic heterocycles. The average molecular weight is 627 g/mol. The molecule has 9 nitrogen and oxygen atoms in total. The maximum Gasteiger partial charge on any atom is 0.410 e. The molecule has 0 spiro atoms. The van der Waals surface area contributed by atoms with Gasteiger partial charge < -0.3 is 25.0 Å². The molecule has 4 rings (SSSR count). The molecular weight excluding hydrogens is 584 g/mol. The summed E-state index contributed by atoms with van der Waals surface area (Å²) in [6.07, 6.45) is 4.78. The molecule has 43 heavy (non-hydrogen) atoms. The highest BCUT2D eigenvalue weighted by Gasteiger charge is 2.29. The first-order chi connectivity index (χ1) is 20.3. The lowest BCUT2D eigenvalue weighted by Crippen LogP contribution is -2.41. The summed E-state index contributed by atoms with van der Waals surface area (Å²) in [4.78, 5) is 28.0. The minimum Gasteiger partial charge on any atom is -0.489 e. The Bertz CT molecular complexity index is 1420. The summed E-state index contributed by atoms with van der Waals surface area (Å²) in [7, 11) is 0. The van der Waals surface area contributed by atoms with Gasteiger partial charge in [-0.2, -0.15) is 4.98 Å². The lowest BCUT2D eigenvalue weighted by molar-refractivity contribution is 0.0204. The molecule has 1 aromatic carbocycles. The monoisotopic (exact) mass is 626 g/mol. The van der Waals surface area contributed by atoms with E-state index in [1.807, 2.05) is 46.8 Å². The number of carbonyl (C=O) groups is 1. The van der Waals surface area contributed by atoms with E-state index in [1.54, 1.807) is 29.1 Å². The Kier molecular flexibility index (Phi) is 10.7. The fourth-order valence-corrected chi connectivity index (χ4v) is 5.81. The number of nitrogens with zero attached hydrogens (tertiary/aromatic N) is 4. The van der Waals surface area contributed by atoms with Crippen molar-refractivity contribution in [2.24, 2.45) is 0 Å². The van der Waals surface area contributed by atoms with Crippen molar-refractivity contribution < 1.29 is 14.3 Å². The van der Waals surface area contributed by atoms with Gasteiger partial charge in [-0.15, -0.1) is 11.8 Å². The van der Waals surface area contributed by atoms with Gasteiger partial charge in [0.2, 0.25) is 5.95 Å². The summed E-state index contributed by atoms with van der Waals surface area (Å²) >= 11 is 8.17. The van der Waals surface area contributed by atoms with Gasteiger partial charge in [0.15, 0.2) is 5.82 Å². The van der Waals surface area contributed by atoms with Crippen LogP contribution in [0.3, 0.4) is 0 Å². The number of benzene rings is 1. The minimum atomic E-state index is -0.504. The van der Waals surface area contributed by atoms with Gasteiger partial charge in [-0.1, -0.05) is 25.4 Å². The Labute approximate surface area is 264 Å². The number of aromatic nitrogens is 3. The molecular formula is C32H43ClN6O3S. The van der Waals surface area contributed by atoms with Crippen molar-refractivity contribution >= 4 is 52.6 Å². The number of amides is 1. The van der Waals surface area contributed by atoms with E-state index in [1.165, 1.54) is 5.56 Å². The molecule has 1 aliphatic rings. The summed E-state index contributed by atoms with van der Waals surface area (Å²) in [5.74, 6) is 1.90. The SMILES string of the molecule is Cc1cc(Nc2ncc(Cl)c(Nc3cccnc3SC(C)C)n2)c(OC(C)C)cc1C1CCN(C(=O)OC(C)(C)C)CC1. The molecule has 232 valence electrons. The third-order valence-electron chi connectivity index (χ3n) is 6.68. The van der Waals surface area contributed by atoms with Crippen molar-refractivity contribution in [1.29, 1.82) is 0 Å². The molecule has 11 heteroatoms. The number of ether oxygens (including phenoxy) is 2. The van der Waals surface area contributed by atoms with E-state index >= 15 is 0 Å². The second-order valence-corrected chi connectivity index (χ2v) is 14.2. The number of carbonyl (C=O) groups excluding carboxylic acids is 1. The Morgan fingerprint density at radius 1 is 1.09 bits per heavy atom. The Morgan fingerprint density at radius 2 is 1.81 bits per heavy atom. The summed E-state index contributed by atoms with van der Waals surface area (Å²) in [5.41, 5.74) is 3.44. The Balaban J connectivity index is 1.54. The molecule has 0 bridgehead atoms. The van der Waals surface area contributed by atoms with E-state index in [2.05, 4.69) is 58.5 Å². The first-order valence-electron chi connectivity index (χ1n) is 14.8. The Morgan fingerprint density at radius 3 is 2.47 bits per heavy atom. The van der Waals surface area contributed by atoms with Crippen LogP contribution in [0.5, 0.6) is 5.75 Å². The average Bonchev–Trinajstić information content (AvgIpc) is 2.91. The van der Waals surface area contributed by atoms with Crippen molar-refractivity contribution in [2.45, 2.75) is 96.1 Å². The van der Waals surface area contributed by atoms with Gasteiger partial charge in [0.1, 0.15) is 21.4 Å². The molecule has 0 aliphatic carbocycles. The van der Waals surface area contributed by atoms with E-state index in [9.17, 15) is 4.79 Å². The summed E-state index contributed by atoms with van der Waals surface area (Å²) in [6, 6.07) is 8.03. The summed E-state index contributed by atoms with van der Waals surface area (Å²) in [6.45, 7) is 17.3. The number of halogens is 1. The minimum absolute atomic E-state index is 0.0315. The molecule has 1 saturated heterocycles. The number of piperidine rings is 1. The van der Waals surface area contributed by atoms with Gasteiger partial charge >= 0.3 is 6.09 Å². The van der Waals surface area contributed by atoms with E-state index in [4.69, 9.17) is 21.1 Å². The number of thioether (sulfide) groups is 1. The van der Waals surface area contributed by atoms with Crippen molar-refractivity contribution in [1.82, 2.24) is 19.9 Å². The van der Waals surface area contributed by atoms with Gasteiger partial charge in [-0.25, -0.2) is 14.8 Å². The van der Waals surface area contributed by atoms with Gasteiger partial charge in [0.05, 0.1) is 23.7 Å². The number of hydrogen-bond donors (Lipinski definition) is 2. The number of aryl methyl sites for hydroxylation is 1. The topological polar surface area (TPSA) is 102 Å².